The molecule has 0 amide bonds. The number of benzene rings is 1. The van der Waals surface area contributed by atoms with Gasteiger partial charge in [0.05, 0.1) is 10.6 Å². The van der Waals surface area contributed by atoms with E-state index in [1.165, 1.54) is 12.4 Å². The van der Waals surface area contributed by atoms with Crippen molar-refractivity contribution < 1.29 is 8.42 Å². The van der Waals surface area contributed by atoms with Crippen molar-refractivity contribution in [3.63, 3.8) is 0 Å². The van der Waals surface area contributed by atoms with Gasteiger partial charge in [-0.25, -0.2) is 8.42 Å². The third kappa shape index (κ3) is 3.10. The summed E-state index contributed by atoms with van der Waals surface area (Å²) < 4.78 is 27.0. The van der Waals surface area contributed by atoms with Crippen molar-refractivity contribution in [3.8, 4) is 0 Å². The fourth-order valence-corrected chi connectivity index (χ4v) is 3.06. The Balaban J connectivity index is 2.35. The number of nitrogens with two attached hydrogens (primary N) is 1. The van der Waals surface area contributed by atoms with Crippen LogP contribution in [0.3, 0.4) is 0 Å². The van der Waals surface area contributed by atoms with Crippen molar-refractivity contribution in [1.82, 2.24) is 4.98 Å². The molecule has 0 fully saturated rings. The van der Waals surface area contributed by atoms with Crippen LogP contribution in [0.25, 0.3) is 0 Å². The molecule has 1 aromatic carbocycles. The zero-order valence-corrected chi connectivity index (χ0v) is 11.3. The standard InChI is InChI=1S/C13H15N3O2S/c1-10-8-11(9-14)2-3-13(10)19(17,18)16-12-4-6-15-7-5-12/h2-8H,9,14H2,1H3,(H,15,16). The molecule has 6 heteroatoms. The van der Waals surface area contributed by atoms with E-state index in [1.54, 1.807) is 37.3 Å². The van der Waals surface area contributed by atoms with Crippen LogP contribution in [0.1, 0.15) is 11.1 Å². The fourth-order valence-electron chi connectivity index (χ4n) is 1.77. The van der Waals surface area contributed by atoms with Gasteiger partial charge in [0.25, 0.3) is 10.0 Å². The number of aryl methyl sites for hydroxylation is 1. The van der Waals surface area contributed by atoms with Crippen LogP contribution in [0.2, 0.25) is 0 Å². The van der Waals surface area contributed by atoms with Gasteiger partial charge in [0, 0.05) is 18.9 Å². The molecule has 0 atom stereocenters. The van der Waals surface area contributed by atoms with Crippen LogP contribution in [0.5, 0.6) is 0 Å². The largest absolute Gasteiger partial charge is 0.326 e. The number of nitrogens with one attached hydrogen (secondary N) is 1. The minimum absolute atomic E-state index is 0.251. The number of hydrogen-bond donors (Lipinski definition) is 2. The molecule has 0 unspecified atom stereocenters. The van der Waals surface area contributed by atoms with Crippen molar-refractivity contribution in [2.45, 2.75) is 18.4 Å². The van der Waals surface area contributed by atoms with E-state index in [9.17, 15) is 8.42 Å². The van der Waals surface area contributed by atoms with Gasteiger partial charge in [0.1, 0.15) is 0 Å². The summed E-state index contributed by atoms with van der Waals surface area (Å²) in [5.74, 6) is 0. The number of aromatic nitrogens is 1. The smallest absolute Gasteiger partial charge is 0.262 e. The molecule has 0 saturated carbocycles. The van der Waals surface area contributed by atoms with Gasteiger partial charge < -0.3 is 5.73 Å². The van der Waals surface area contributed by atoms with E-state index in [4.69, 9.17) is 5.73 Å². The lowest BCUT2D eigenvalue weighted by Crippen LogP contribution is -2.14. The maximum atomic E-state index is 12.3. The number of rotatable bonds is 4. The Labute approximate surface area is 112 Å². The number of pyridine rings is 1. The Bertz CT molecular complexity index is 670. The van der Waals surface area contributed by atoms with Crippen LogP contribution in [-0.4, -0.2) is 13.4 Å². The summed E-state index contributed by atoms with van der Waals surface area (Å²) in [6.45, 7) is 2.14. The molecule has 0 radical (unpaired) electrons. The topological polar surface area (TPSA) is 85.1 Å². The second-order valence-electron chi connectivity index (χ2n) is 4.15. The maximum absolute atomic E-state index is 12.3. The highest BCUT2D eigenvalue weighted by molar-refractivity contribution is 7.92. The van der Waals surface area contributed by atoms with Crippen LogP contribution in [0.4, 0.5) is 5.69 Å². The molecule has 1 aromatic heterocycles. The Morgan fingerprint density at radius 3 is 2.47 bits per heavy atom. The van der Waals surface area contributed by atoms with Crippen LogP contribution in [0.15, 0.2) is 47.6 Å². The summed E-state index contributed by atoms with van der Waals surface area (Å²) >= 11 is 0. The molecule has 2 rings (SSSR count). The summed E-state index contributed by atoms with van der Waals surface area (Å²) in [6, 6.07) is 8.26. The highest BCUT2D eigenvalue weighted by Crippen LogP contribution is 2.19. The highest BCUT2D eigenvalue weighted by atomic mass is 32.2. The summed E-state index contributed by atoms with van der Waals surface area (Å²) in [5.41, 5.74) is 7.59. The van der Waals surface area contributed by atoms with E-state index in [1.807, 2.05) is 0 Å². The van der Waals surface area contributed by atoms with Crippen LogP contribution in [-0.2, 0) is 16.6 Å². The molecule has 0 saturated heterocycles. The highest BCUT2D eigenvalue weighted by Gasteiger charge is 2.16. The summed E-state index contributed by atoms with van der Waals surface area (Å²) in [7, 11) is -3.59. The first-order chi connectivity index (χ1) is 9.03. The molecule has 0 aliphatic carbocycles. The average molecular weight is 277 g/mol. The van der Waals surface area contributed by atoms with Crippen molar-refractivity contribution in [3.05, 3.63) is 53.9 Å². The molecule has 2 aromatic rings. The Kier molecular flexibility index (Phi) is 3.82. The van der Waals surface area contributed by atoms with Crippen molar-refractivity contribution >= 4 is 15.7 Å². The van der Waals surface area contributed by atoms with Crippen molar-refractivity contribution in [1.29, 1.82) is 0 Å². The van der Waals surface area contributed by atoms with Crippen LogP contribution < -0.4 is 10.5 Å². The van der Waals surface area contributed by atoms with Gasteiger partial charge in [0.2, 0.25) is 0 Å². The third-order valence-electron chi connectivity index (χ3n) is 2.70. The third-order valence-corrected chi connectivity index (χ3v) is 4.24. The van der Waals surface area contributed by atoms with Crippen molar-refractivity contribution in [2.75, 3.05) is 4.72 Å². The molecular formula is C13H15N3O2S. The summed E-state index contributed by atoms with van der Waals surface area (Å²) in [4.78, 5) is 4.09. The van der Waals surface area contributed by atoms with Gasteiger partial charge in [-0.2, -0.15) is 0 Å². The monoisotopic (exact) mass is 277 g/mol. The molecule has 0 spiro atoms. The van der Waals surface area contributed by atoms with Gasteiger partial charge in [-0.05, 0) is 36.2 Å². The van der Waals surface area contributed by atoms with Gasteiger partial charge in [-0.15, -0.1) is 0 Å². The second-order valence-corrected chi connectivity index (χ2v) is 5.80. The van der Waals surface area contributed by atoms with Gasteiger partial charge in [0.15, 0.2) is 0 Å². The Morgan fingerprint density at radius 1 is 1.21 bits per heavy atom. The molecule has 3 N–H and O–H groups in total. The first-order valence-corrected chi connectivity index (χ1v) is 7.23. The molecular weight excluding hydrogens is 262 g/mol. The Morgan fingerprint density at radius 2 is 1.89 bits per heavy atom. The number of nitrogens with zero attached hydrogens (tertiary/aromatic N) is 1. The predicted molar refractivity (Wildman–Crippen MR) is 74.1 cm³/mol. The molecule has 5 nitrogen and oxygen atoms in total. The van der Waals surface area contributed by atoms with Crippen molar-refractivity contribution in [2.24, 2.45) is 5.73 Å². The lowest BCUT2D eigenvalue weighted by molar-refractivity contribution is 0.600. The molecule has 0 bridgehead atoms. The molecule has 0 aliphatic heterocycles. The number of hydrogen-bond acceptors (Lipinski definition) is 4. The van der Waals surface area contributed by atoms with E-state index in [-0.39, 0.29) is 4.90 Å². The predicted octanol–water partition coefficient (Wildman–Crippen LogP) is 1.65. The molecule has 1 heterocycles. The van der Waals surface area contributed by atoms with E-state index in [0.717, 1.165) is 5.56 Å². The lowest BCUT2D eigenvalue weighted by atomic mass is 10.1. The molecule has 0 aliphatic rings. The fraction of sp³-hybridized carbons (Fsp3) is 0.154. The summed E-state index contributed by atoms with van der Waals surface area (Å²) in [6.07, 6.45) is 3.06. The van der Waals surface area contributed by atoms with E-state index in [2.05, 4.69) is 9.71 Å². The minimum Gasteiger partial charge on any atom is -0.326 e. The number of sulfonamides is 1. The average Bonchev–Trinajstić information content (AvgIpc) is 2.38. The first-order valence-electron chi connectivity index (χ1n) is 5.75. The minimum atomic E-state index is -3.59. The summed E-state index contributed by atoms with van der Waals surface area (Å²) in [5, 5.41) is 0. The zero-order valence-electron chi connectivity index (χ0n) is 10.5. The van der Waals surface area contributed by atoms with E-state index >= 15 is 0 Å². The van der Waals surface area contributed by atoms with Gasteiger partial charge in [-0.1, -0.05) is 12.1 Å². The van der Waals surface area contributed by atoms with Crippen LogP contribution >= 0.6 is 0 Å². The maximum Gasteiger partial charge on any atom is 0.262 e. The van der Waals surface area contributed by atoms with Gasteiger partial charge in [-0.3, -0.25) is 9.71 Å². The number of anilines is 1. The van der Waals surface area contributed by atoms with E-state index < -0.39 is 10.0 Å². The zero-order chi connectivity index (χ0) is 13.9. The van der Waals surface area contributed by atoms with Gasteiger partial charge >= 0.3 is 0 Å². The molecule has 19 heavy (non-hydrogen) atoms. The van der Waals surface area contributed by atoms with E-state index in [0.29, 0.717) is 17.8 Å². The SMILES string of the molecule is Cc1cc(CN)ccc1S(=O)(=O)Nc1ccncc1. The first kappa shape index (κ1) is 13.5. The lowest BCUT2D eigenvalue weighted by Gasteiger charge is -2.11. The quantitative estimate of drug-likeness (QED) is 0.889. The Hall–Kier alpha value is -1.92. The normalized spacial score (nSPS) is 11.3. The molecule has 100 valence electrons. The second kappa shape index (κ2) is 5.38. The van der Waals surface area contributed by atoms with Crippen LogP contribution in [0, 0.1) is 6.92 Å².